The molecule has 7 aromatic carbocycles. The van der Waals surface area contributed by atoms with E-state index in [9.17, 15) is 0 Å². The second-order valence-corrected chi connectivity index (χ2v) is 13.5. The summed E-state index contributed by atoms with van der Waals surface area (Å²) in [6.07, 6.45) is 0. The van der Waals surface area contributed by atoms with Crippen molar-refractivity contribution in [3.05, 3.63) is 180 Å². The molecule has 236 valence electrons. The zero-order valence-corrected chi connectivity index (χ0v) is 27.9. The van der Waals surface area contributed by atoms with Crippen molar-refractivity contribution in [3.8, 4) is 33.8 Å². The fraction of sp³-hybridized carbons (Fsp3) is 0.0870. The van der Waals surface area contributed by atoms with E-state index in [0.29, 0.717) is 0 Å². The third-order valence-electron chi connectivity index (χ3n) is 10.2. The Morgan fingerprint density at radius 1 is 0.490 bits per heavy atom. The van der Waals surface area contributed by atoms with Crippen LogP contribution in [0, 0.1) is 6.92 Å². The maximum Gasteiger partial charge on any atom is 0.153 e. The molecule has 0 saturated heterocycles. The summed E-state index contributed by atoms with van der Waals surface area (Å²) in [6, 6.07) is 58.5. The molecule has 0 aliphatic carbocycles. The topological polar surface area (TPSA) is 15.7 Å². The summed E-state index contributed by atoms with van der Waals surface area (Å²) in [7, 11) is 0. The lowest BCUT2D eigenvalue weighted by Gasteiger charge is -2.46. The highest BCUT2D eigenvalue weighted by Crippen LogP contribution is 2.62. The Kier molecular flexibility index (Phi) is 6.70. The molecule has 2 heterocycles. The Labute approximate surface area is 288 Å². The van der Waals surface area contributed by atoms with E-state index in [4.69, 9.17) is 4.74 Å². The van der Waals surface area contributed by atoms with Gasteiger partial charge in [0.15, 0.2) is 11.5 Å². The normalized spacial score (nSPS) is 13.5. The van der Waals surface area contributed by atoms with Crippen LogP contribution < -0.4 is 14.5 Å². The number of hydrogen-bond donors (Lipinski definition) is 0. The van der Waals surface area contributed by atoms with Gasteiger partial charge in [0.25, 0.3) is 0 Å². The molecule has 3 heteroatoms. The van der Waals surface area contributed by atoms with Crippen molar-refractivity contribution in [2.45, 2.75) is 26.2 Å². The van der Waals surface area contributed by atoms with Crippen molar-refractivity contribution in [2.24, 2.45) is 0 Å². The first-order chi connectivity index (χ1) is 24.0. The summed E-state index contributed by atoms with van der Waals surface area (Å²) in [5.41, 5.74) is 14.9. The molecular weight excluding hydrogens is 597 g/mol. The van der Waals surface area contributed by atoms with Crippen molar-refractivity contribution in [3.63, 3.8) is 0 Å². The third kappa shape index (κ3) is 4.65. The second-order valence-electron chi connectivity index (χ2n) is 13.5. The van der Waals surface area contributed by atoms with Crippen LogP contribution in [0.4, 0.5) is 34.1 Å². The molecule has 0 atom stereocenters. The molecule has 7 aromatic rings. The van der Waals surface area contributed by atoms with Crippen LogP contribution in [0.2, 0.25) is 0 Å². The smallest absolute Gasteiger partial charge is 0.153 e. The van der Waals surface area contributed by atoms with Crippen molar-refractivity contribution in [2.75, 3.05) is 9.80 Å². The van der Waals surface area contributed by atoms with Gasteiger partial charge in [-0.15, -0.1) is 0 Å². The highest BCUT2D eigenvalue weighted by atomic mass is 16.5. The quantitative estimate of drug-likeness (QED) is 0.188. The molecule has 0 fully saturated rings. The van der Waals surface area contributed by atoms with Crippen LogP contribution in [0.15, 0.2) is 164 Å². The zero-order valence-electron chi connectivity index (χ0n) is 27.9. The summed E-state index contributed by atoms with van der Waals surface area (Å²) >= 11 is 0. The van der Waals surface area contributed by atoms with Crippen molar-refractivity contribution in [1.29, 1.82) is 0 Å². The number of para-hydroxylation sites is 2. The predicted molar refractivity (Wildman–Crippen MR) is 204 cm³/mol. The number of benzene rings is 7. The van der Waals surface area contributed by atoms with E-state index in [0.717, 1.165) is 39.9 Å². The van der Waals surface area contributed by atoms with Crippen molar-refractivity contribution >= 4 is 34.1 Å². The average molecular weight is 633 g/mol. The van der Waals surface area contributed by atoms with E-state index in [-0.39, 0.29) is 5.41 Å². The Balaban J connectivity index is 1.26. The molecule has 0 aromatic heterocycles. The fourth-order valence-corrected chi connectivity index (χ4v) is 7.74. The van der Waals surface area contributed by atoms with E-state index in [2.05, 4.69) is 194 Å². The molecule has 0 radical (unpaired) electrons. The SMILES string of the molecule is Cc1c(-c2ccccc2)ccc2c1N1c3ccccc3C(C)(C)c3cc(N(c4ccccc4)c4ccc(-c5ccccc5)cc4)cc(c31)O2. The van der Waals surface area contributed by atoms with E-state index in [1.165, 1.54) is 44.6 Å². The predicted octanol–water partition coefficient (Wildman–Crippen LogP) is 13.0. The minimum atomic E-state index is -0.279. The lowest BCUT2D eigenvalue weighted by molar-refractivity contribution is 0.471. The summed E-state index contributed by atoms with van der Waals surface area (Å²) in [4.78, 5) is 4.80. The van der Waals surface area contributed by atoms with E-state index in [1.807, 2.05) is 0 Å². The first-order valence-electron chi connectivity index (χ1n) is 16.9. The van der Waals surface area contributed by atoms with Crippen LogP contribution in [0.3, 0.4) is 0 Å². The van der Waals surface area contributed by atoms with Crippen LogP contribution >= 0.6 is 0 Å². The van der Waals surface area contributed by atoms with Gasteiger partial charge in [-0.1, -0.05) is 129 Å². The Morgan fingerprint density at radius 3 is 1.80 bits per heavy atom. The van der Waals surface area contributed by atoms with Gasteiger partial charge in [-0.2, -0.15) is 0 Å². The van der Waals surface area contributed by atoms with Gasteiger partial charge in [0.1, 0.15) is 0 Å². The van der Waals surface area contributed by atoms with Crippen LogP contribution in [-0.2, 0) is 5.41 Å². The molecule has 0 bridgehead atoms. The van der Waals surface area contributed by atoms with E-state index >= 15 is 0 Å². The number of ether oxygens (including phenoxy) is 1. The van der Waals surface area contributed by atoms with E-state index < -0.39 is 0 Å². The number of hydrogen-bond acceptors (Lipinski definition) is 3. The number of nitrogens with zero attached hydrogens (tertiary/aromatic N) is 2. The number of fused-ring (bicyclic) bond motifs is 4. The van der Waals surface area contributed by atoms with Gasteiger partial charge in [0.2, 0.25) is 0 Å². The molecule has 3 nitrogen and oxygen atoms in total. The Hall–Kier alpha value is -6.06. The third-order valence-corrected chi connectivity index (χ3v) is 10.2. The fourth-order valence-electron chi connectivity index (χ4n) is 7.74. The molecule has 0 saturated carbocycles. The highest BCUT2D eigenvalue weighted by molar-refractivity contribution is 5.98. The molecule has 0 unspecified atom stereocenters. The molecule has 0 amide bonds. The summed E-state index contributed by atoms with van der Waals surface area (Å²) in [5, 5.41) is 0. The van der Waals surface area contributed by atoms with Crippen LogP contribution in [0.1, 0.15) is 30.5 Å². The van der Waals surface area contributed by atoms with Crippen molar-refractivity contribution in [1.82, 2.24) is 0 Å². The van der Waals surface area contributed by atoms with Gasteiger partial charge < -0.3 is 14.5 Å². The molecule has 0 N–H and O–H groups in total. The monoisotopic (exact) mass is 632 g/mol. The van der Waals surface area contributed by atoms with Gasteiger partial charge in [0, 0.05) is 22.9 Å². The molecule has 2 aliphatic heterocycles. The maximum absolute atomic E-state index is 6.98. The Morgan fingerprint density at radius 2 is 1.08 bits per heavy atom. The molecule has 9 rings (SSSR count). The molecule has 0 spiro atoms. The standard InChI is InChI=1S/C46H36N2O/c1-31-38(34-17-9-5-10-18-34)27-28-42-44(31)48-41-22-14-13-21-39(41)46(2,3)40-29-37(30-43(49-42)45(40)48)47(35-19-11-6-12-20-35)36-25-23-33(24-26-36)32-15-7-4-8-16-32/h4-30H,1-3H3. The van der Waals surface area contributed by atoms with Crippen molar-refractivity contribution < 1.29 is 4.74 Å². The maximum atomic E-state index is 6.98. The first-order valence-corrected chi connectivity index (χ1v) is 16.9. The molecule has 49 heavy (non-hydrogen) atoms. The Bertz CT molecular complexity index is 2330. The lowest BCUT2D eigenvalue weighted by Crippen LogP contribution is -2.33. The zero-order chi connectivity index (χ0) is 33.1. The first kappa shape index (κ1) is 29.1. The van der Waals surface area contributed by atoms with Crippen LogP contribution in [-0.4, -0.2) is 0 Å². The number of rotatable bonds is 5. The molecular formula is C46H36N2O. The highest BCUT2D eigenvalue weighted by Gasteiger charge is 2.43. The van der Waals surface area contributed by atoms with Crippen LogP contribution in [0.5, 0.6) is 11.5 Å². The van der Waals surface area contributed by atoms with E-state index in [1.54, 1.807) is 0 Å². The minimum absolute atomic E-state index is 0.279. The number of anilines is 6. The van der Waals surface area contributed by atoms with Gasteiger partial charge in [-0.05, 0) is 88.3 Å². The summed E-state index contributed by atoms with van der Waals surface area (Å²) in [6.45, 7) is 6.90. The van der Waals surface area contributed by atoms with Crippen LogP contribution in [0.25, 0.3) is 22.3 Å². The largest absolute Gasteiger partial charge is 0.453 e. The minimum Gasteiger partial charge on any atom is -0.453 e. The lowest BCUT2D eigenvalue weighted by atomic mass is 9.72. The summed E-state index contributed by atoms with van der Waals surface area (Å²) < 4.78 is 6.98. The average Bonchev–Trinajstić information content (AvgIpc) is 3.15. The second kappa shape index (κ2) is 11.3. The summed E-state index contributed by atoms with van der Waals surface area (Å²) in [5.74, 6) is 1.72. The van der Waals surface area contributed by atoms with Gasteiger partial charge >= 0.3 is 0 Å². The van der Waals surface area contributed by atoms with Gasteiger partial charge in [-0.3, -0.25) is 0 Å². The van der Waals surface area contributed by atoms with Gasteiger partial charge in [0.05, 0.1) is 22.7 Å². The van der Waals surface area contributed by atoms with Gasteiger partial charge in [-0.25, -0.2) is 0 Å². The molecule has 2 aliphatic rings.